The van der Waals surface area contributed by atoms with Crippen molar-refractivity contribution in [3.8, 4) is 5.75 Å². The van der Waals surface area contributed by atoms with Gasteiger partial charge in [0.15, 0.2) is 0 Å². The van der Waals surface area contributed by atoms with Crippen molar-refractivity contribution in [3.05, 3.63) is 23.8 Å². The number of nitrogens with one attached hydrogen (secondary N) is 1. The number of hydrogen-bond acceptors (Lipinski definition) is 4. The lowest BCUT2D eigenvalue weighted by Gasteiger charge is -2.11. The summed E-state index contributed by atoms with van der Waals surface area (Å²) in [5, 5.41) is 11.8. The van der Waals surface area contributed by atoms with E-state index in [0.717, 1.165) is 0 Å². The summed E-state index contributed by atoms with van der Waals surface area (Å²) in [6.07, 6.45) is 1.58. The average molecular weight is 256 g/mol. The molecular weight excluding hydrogens is 240 g/mol. The van der Waals surface area contributed by atoms with Crippen LogP contribution in [0.15, 0.2) is 18.2 Å². The number of nitrogens with two attached hydrogens (primary N) is 1. The molecule has 0 aliphatic heterocycles. The molecule has 1 rings (SSSR count). The highest BCUT2D eigenvalue weighted by molar-refractivity contribution is 7.84. The van der Waals surface area contributed by atoms with Gasteiger partial charge in [-0.3, -0.25) is 9.00 Å². The number of aromatic hydroxyl groups is 1. The van der Waals surface area contributed by atoms with E-state index in [1.165, 1.54) is 18.2 Å². The van der Waals surface area contributed by atoms with Crippen molar-refractivity contribution >= 4 is 22.4 Å². The van der Waals surface area contributed by atoms with Gasteiger partial charge in [-0.15, -0.1) is 0 Å². The zero-order chi connectivity index (χ0) is 13.0. The molecule has 94 valence electrons. The van der Waals surface area contributed by atoms with E-state index in [-0.39, 0.29) is 22.5 Å². The first-order valence-electron chi connectivity index (χ1n) is 5.10. The molecule has 0 radical (unpaired) electrons. The fourth-order valence-electron chi connectivity index (χ4n) is 1.19. The first-order chi connectivity index (χ1) is 7.91. The van der Waals surface area contributed by atoms with Crippen LogP contribution in [0, 0.1) is 0 Å². The molecule has 0 bridgehead atoms. The second kappa shape index (κ2) is 5.67. The zero-order valence-electron chi connectivity index (χ0n) is 9.77. The molecule has 4 N–H and O–H groups in total. The molecule has 2 unspecified atom stereocenters. The summed E-state index contributed by atoms with van der Waals surface area (Å²) >= 11 is 0. The summed E-state index contributed by atoms with van der Waals surface area (Å²) in [6.45, 7) is 2.08. The predicted molar refractivity (Wildman–Crippen MR) is 68.4 cm³/mol. The Morgan fingerprint density at radius 1 is 1.59 bits per heavy atom. The molecule has 2 atom stereocenters. The van der Waals surface area contributed by atoms with Crippen LogP contribution in [0.25, 0.3) is 0 Å². The van der Waals surface area contributed by atoms with Gasteiger partial charge in [-0.2, -0.15) is 0 Å². The fraction of sp³-hybridized carbons (Fsp3) is 0.364. The van der Waals surface area contributed by atoms with E-state index in [2.05, 4.69) is 5.32 Å². The second-order valence-corrected chi connectivity index (χ2v) is 5.59. The summed E-state index contributed by atoms with van der Waals surface area (Å²) in [5.41, 5.74) is 6.14. The Morgan fingerprint density at radius 2 is 2.24 bits per heavy atom. The van der Waals surface area contributed by atoms with Crippen molar-refractivity contribution in [3.63, 3.8) is 0 Å². The monoisotopic (exact) mass is 256 g/mol. The Bertz CT molecular complexity index is 448. The molecule has 0 spiro atoms. The molecule has 0 heterocycles. The minimum absolute atomic E-state index is 0.0172. The molecule has 17 heavy (non-hydrogen) atoms. The maximum absolute atomic E-state index is 11.7. The number of nitrogen functional groups attached to an aromatic ring is 1. The smallest absolute Gasteiger partial charge is 0.253 e. The SMILES string of the molecule is CC(CNC(=O)c1cc(O)ccc1N)S(C)=O. The summed E-state index contributed by atoms with van der Waals surface area (Å²) in [6, 6.07) is 4.18. The van der Waals surface area contributed by atoms with Crippen LogP contribution in [-0.2, 0) is 10.8 Å². The van der Waals surface area contributed by atoms with Gasteiger partial charge in [0.1, 0.15) is 5.75 Å². The maximum atomic E-state index is 11.7. The van der Waals surface area contributed by atoms with Gasteiger partial charge in [-0.1, -0.05) is 0 Å². The van der Waals surface area contributed by atoms with Crippen LogP contribution in [-0.4, -0.2) is 33.3 Å². The fourth-order valence-corrected chi connectivity index (χ4v) is 1.51. The van der Waals surface area contributed by atoms with Crippen LogP contribution in [0.5, 0.6) is 5.75 Å². The van der Waals surface area contributed by atoms with Crippen LogP contribution in [0.2, 0.25) is 0 Å². The van der Waals surface area contributed by atoms with Crippen molar-refractivity contribution in [1.82, 2.24) is 5.32 Å². The Labute approximate surface area is 102 Å². The maximum Gasteiger partial charge on any atom is 0.253 e. The quantitative estimate of drug-likeness (QED) is 0.539. The first-order valence-corrected chi connectivity index (χ1v) is 6.73. The lowest BCUT2D eigenvalue weighted by Crippen LogP contribution is -2.32. The summed E-state index contributed by atoms with van der Waals surface area (Å²) in [4.78, 5) is 11.7. The molecule has 1 aromatic carbocycles. The highest BCUT2D eigenvalue weighted by Gasteiger charge is 2.13. The van der Waals surface area contributed by atoms with Gasteiger partial charge in [0.05, 0.1) is 5.56 Å². The van der Waals surface area contributed by atoms with Crippen LogP contribution >= 0.6 is 0 Å². The lowest BCUT2D eigenvalue weighted by atomic mass is 10.1. The average Bonchev–Trinajstić information content (AvgIpc) is 2.28. The van der Waals surface area contributed by atoms with E-state index < -0.39 is 10.8 Å². The second-order valence-electron chi connectivity index (χ2n) is 3.79. The van der Waals surface area contributed by atoms with Crippen LogP contribution in [0.3, 0.4) is 0 Å². The number of rotatable bonds is 4. The van der Waals surface area contributed by atoms with E-state index in [4.69, 9.17) is 5.73 Å². The minimum Gasteiger partial charge on any atom is -0.508 e. The van der Waals surface area contributed by atoms with Crippen LogP contribution < -0.4 is 11.1 Å². The van der Waals surface area contributed by atoms with Gasteiger partial charge in [-0.25, -0.2) is 0 Å². The van der Waals surface area contributed by atoms with E-state index in [1.54, 1.807) is 13.2 Å². The molecule has 0 aliphatic rings. The summed E-state index contributed by atoms with van der Waals surface area (Å²) in [5.74, 6) is -0.396. The van der Waals surface area contributed by atoms with Gasteiger partial charge in [-0.05, 0) is 25.1 Å². The standard InChI is InChI=1S/C11H16N2O3S/c1-7(17(2)16)6-13-11(15)9-5-8(14)3-4-10(9)12/h3-5,7,14H,6,12H2,1-2H3,(H,13,15). The molecule has 0 fully saturated rings. The Hall–Kier alpha value is -1.56. The Kier molecular flexibility index (Phi) is 4.51. The summed E-state index contributed by atoms with van der Waals surface area (Å²) < 4.78 is 11.1. The number of anilines is 1. The number of phenolic OH excluding ortho intramolecular Hbond substituents is 1. The predicted octanol–water partition coefficient (Wildman–Crippen LogP) is 0.471. The third kappa shape index (κ3) is 3.74. The highest BCUT2D eigenvalue weighted by Crippen LogP contribution is 2.18. The largest absolute Gasteiger partial charge is 0.508 e. The molecule has 0 aliphatic carbocycles. The molecule has 0 saturated heterocycles. The van der Waals surface area contributed by atoms with Gasteiger partial charge in [0.2, 0.25) is 0 Å². The molecule has 1 aromatic rings. The Morgan fingerprint density at radius 3 is 2.82 bits per heavy atom. The highest BCUT2D eigenvalue weighted by atomic mass is 32.2. The number of amides is 1. The molecule has 6 heteroatoms. The van der Waals surface area contributed by atoms with Gasteiger partial charge in [0.25, 0.3) is 5.91 Å². The van der Waals surface area contributed by atoms with E-state index in [0.29, 0.717) is 12.2 Å². The van der Waals surface area contributed by atoms with E-state index >= 15 is 0 Å². The number of hydrogen-bond donors (Lipinski definition) is 3. The molecule has 0 aromatic heterocycles. The van der Waals surface area contributed by atoms with E-state index in [9.17, 15) is 14.1 Å². The molecule has 1 amide bonds. The lowest BCUT2D eigenvalue weighted by molar-refractivity contribution is 0.0954. The van der Waals surface area contributed by atoms with E-state index in [1.807, 2.05) is 0 Å². The van der Waals surface area contributed by atoms with Crippen molar-refractivity contribution in [2.45, 2.75) is 12.2 Å². The topological polar surface area (TPSA) is 92.4 Å². The van der Waals surface area contributed by atoms with Gasteiger partial charge >= 0.3 is 0 Å². The van der Waals surface area contributed by atoms with Gasteiger partial charge < -0.3 is 16.2 Å². The van der Waals surface area contributed by atoms with Gasteiger partial charge in [0, 0.05) is 34.5 Å². The van der Waals surface area contributed by atoms with Crippen molar-refractivity contribution in [1.29, 1.82) is 0 Å². The zero-order valence-corrected chi connectivity index (χ0v) is 10.6. The Balaban J connectivity index is 2.70. The number of carbonyl (C=O) groups is 1. The number of phenols is 1. The molecule has 0 saturated carbocycles. The third-order valence-corrected chi connectivity index (χ3v) is 3.70. The first kappa shape index (κ1) is 13.5. The van der Waals surface area contributed by atoms with Crippen molar-refractivity contribution < 1.29 is 14.1 Å². The summed E-state index contributed by atoms with van der Waals surface area (Å²) in [7, 11) is -0.988. The molecular formula is C11H16N2O3S. The number of benzene rings is 1. The number of carbonyl (C=O) groups excluding carboxylic acids is 1. The molecule has 5 nitrogen and oxygen atoms in total. The normalized spacial score (nSPS) is 14.0. The van der Waals surface area contributed by atoms with Crippen LogP contribution in [0.1, 0.15) is 17.3 Å². The van der Waals surface area contributed by atoms with Crippen LogP contribution in [0.4, 0.5) is 5.69 Å². The van der Waals surface area contributed by atoms with Crippen molar-refractivity contribution in [2.75, 3.05) is 18.5 Å². The van der Waals surface area contributed by atoms with Crippen molar-refractivity contribution in [2.24, 2.45) is 0 Å². The minimum atomic E-state index is -0.988. The third-order valence-electron chi connectivity index (χ3n) is 2.40.